The van der Waals surface area contributed by atoms with Crippen molar-refractivity contribution in [2.45, 2.75) is 0 Å². The number of hydrogen-bond acceptors (Lipinski definition) is 5. The number of pyridine rings is 1. The van der Waals surface area contributed by atoms with E-state index in [1.165, 1.54) is 0 Å². The molecule has 0 spiro atoms. The summed E-state index contributed by atoms with van der Waals surface area (Å²) in [6.07, 6.45) is 1.81. The minimum absolute atomic E-state index is 0.590. The Labute approximate surface area is 111 Å². The van der Waals surface area contributed by atoms with Gasteiger partial charge in [-0.2, -0.15) is 0 Å². The maximum atomic E-state index is 5.63. The van der Waals surface area contributed by atoms with Crippen LogP contribution < -0.4 is 20.1 Å². The molecule has 5 heteroatoms. The lowest BCUT2D eigenvalue weighted by Crippen LogP contribution is -2.26. The average Bonchev–Trinajstić information content (AvgIpc) is 2.44. The van der Waals surface area contributed by atoms with Crippen LogP contribution in [0.4, 0.5) is 5.82 Å². The molecule has 2 N–H and O–H groups in total. The fraction of sp³-hybridized carbons (Fsp3) is 0.357. The van der Waals surface area contributed by atoms with Crippen LogP contribution in [0.2, 0.25) is 0 Å². The lowest BCUT2D eigenvalue weighted by molar-refractivity contribution is 0.172. The summed E-state index contributed by atoms with van der Waals surface area (Å²) < 4.78 is 11.2. The van der Waals surface area contributed by atoms with Crippen molar-refractivity contribution >= 4 is 16.6 Å². The summed E-state index contributed by atoms with van der Waals surface area (Å²) in [4.78, 5) is 6.50. The van der Waals surface area contributed by atoms with Crippen molar-refractivity contribution in [3.63, 3.8) is 0 Å². The van der Waals surface area contributed by atoms with Crippen LogP contribution >= 0.6 is 0 Å². The van der Waals surface area contributed by atoms with Gasteiger partial charge in [0.2, 0.25) is 0 Å². The summed E-state index contributed by atoms with van der Waals surface area (Å²) in [7, 11) is 1.99. The van der Waals surface area contributed by atoms with Crippen molar-refractivity contribution in [1.29, 1.82) is 0 Å². The van der Waals surface area contributed by atoms with Gasteiger partial charge in [-0.05, 0) is 23.6 Å². The molecule has 0 atom stereocenters. The van der Waals surface area contributed by atoms with E-state index >= 15 is 0 Å². The van der Waals surface area contributed by atoms with E-state index in [1.54, 1.807) is 6.20 Å². The number of ether oxygens (including phenoxy) is 2. The number of hydrogen-bond donors (Lipinski definition) is 1. The van der Waals surface area contributed by atoms with Gasteiger partial charge >= 0.3 is 0 Å². The third-order valence-corrected chi connectivity index (χ3v) is 3.23. The lowest BCUT2D eigenvalue weighted by atomic mass is 10.1. The fourth-order valence-electron chi connectivity index (χ4n) is 2.30. The Balaban J connectivity index is 2.13. The molecule has 0 saturated heterocycles. The molecule has 0 saturated carbocycles. The largest absolute Gasteiger partial charge is 0.486 e. The molecule has 100 valence electrons. The van der Waals surface area contributed by atoms with Crippen molar-refractivity contribution in [3.05, 3.63) is 24.4 Å². The number of benzene rings is 1. The molecule has 0 radical (unpaired) electrons. The first-order valence-electron chi connectivity index (χ1n) is 6.39. The van der Waals surface area contributed by atoms with Crippen LogP contribution in [0.3, 0.4) is 0 Å². The van der Waals surface area contributed by atoms with E-state index in [1.807, 2.05) is 25.2 Å². The van der Waals surface area contributed by atoms with E-state index in [-0.39, 0.29) is 0 Å². The predicted octanol–water partition coefficient (Wildman–Crippen LogP) is 1.40. The van der Waals surface area contributed by atoms with Gasteiger partial charge in [-0.3, -0.25) is 0 Å². The molecule has 1 aromatic carbocycles. The first-order valence-corrected chi connectivity index (χ1v) is 6.39. The molecular formula is C14H17N3O2. The Morgan fingerprint density at radius 1 is 1.26 bits per heavy atom. The number of aromatic nitrogens is 1. The first-order chi connectivity index (χ1) is 9.29. The summed E-state index contributed by atoms with van der Waals surface area (Å²) in [5.74, 6) is 2.51. The summed E-state index contributed by atoms with van der Waals surface area (Å²) >= 11 is 0. The van der Waals surface area contributed by atoms with Crippen LogP contribution in [-0.4, -0.2) is 38.3 Å². The molecule has 0 bridgehead atoms. The molecule has 5 nitrogen and oxygen atoms in total. The van der Waals surface area contributed by atoms with E-state index in [9.17, 15) is 0 Å². The Bertz CT molecular complexity index is 601. The second-order valence-electron chi connectivity index (χ2n) is 4.56. The van der Waals surface area contributed by atoms with Gasteiger partial charge in [0.25, 0.3) is 0 Å². The summed E-state index contributed by atoms with van der Waals surface area (Å²) in [5.41, 5.74) is 5.61. The van der Waals surface area contributed by atoms with Crippen LogP contribution in [0.15, 0.2) is 24.4 Å². The summed E-state index contributed by atoms with van der Waals surface area (Å²) in [6.45, 7) is 2.55. The van der Waals surface area contributed by atoms with Crippen LogP contribution in [0.1, 0.15) is 0 Å². The normalized spacial score (nSPS) is 13.6. The summed E-state index contributed by atoms with van der Waals surface area (Å²) in [5, 5.41) is 2.15. The van der Waals surface area contributed by atoms with Gasteiger partial charge < -0.3 is 20.1 Å². The lowest BCUT2D eigenvalue weighted by Gasteiger charge is -2.22. The van der Waals surface area contributed by atoms with Gasteiger partial charge in [0.15, 0.2) is 11.5 Å². The first kappa shape index (κ1) is 12.0. The Kier molecular flexibility index (Phi) is 3.13. The Morgan fingerprint density at radius 2 is 2.00 bits per heavy atom. The third kappa shape index (κ3) is 2.17. The fourth-order valence-corrected chi connectivity index (χ4v) is 2.30. The van der Waals surface area contributed by atoms with Crippen molar-refractivity contribution in [3.8, 4) is 11.5 Å². The number of nitrogens with zero attached hydrogens (tertiary/aromatic N) is 2. The van der Waals surface area contributed by atoms with Crippen molar-refractivity contribution in [2.24, 2.45) is 5.73 Å². The maximum Gasteiger partial charge on any atom is 0.162 e. The number of anilines is 1. The van der Waals surface area contributed by atoms with E-state index in [0.717, 1.165) is 34.6 Å². The van der Waals surface area contributed by atoms with Crippen molar-refractivity contribution in [1.82, 2.24) is 4.98 Å². The highest BCUT2D eigenvalue weighted by atomic mass is 16.6. The van der Waals surface area contributed by atoms with Gasteiger partial charge in [-0.1, -0.05) is 0 Å². The van der Waals surface area contributed by atoms with Gasteiger partial charge in [-0.15, -0.1) is 0 Å². The van der Waals surface area contributed by atoms with E-state index in [0.29, 0.717) is 19.8 Å². The minimum Gasteiger partial charge on any atom is -0.486 e. The van der Waals surface area contributed by atoms with Gasteiger partial charge in [0.05, 0.1) is 0 Å². The molecule has 2 aromatic rings. The highest BCUT2D eigenvalue weighted by Crippen LogP contribution is 2.37. The number of nitrogens with two attached hydrogens (primary N) is 1. The van der Waals surface area contributed by atoms with Crippen molar-refractivity contribution in [2.75, 3.05) is 38.3 Å². The second kappa shape index (κ2) is 4.93. The van der Waals surface area contributed by atoms with Gasteiger partial charge in [0.1, 0.15) is 19.0 Å². The van der Waals surface area contributed by atoms with Gasteiger partial charge in [0, 0.05) is 31.7 Å². The van der Waals surface area contributed by atoms with Crippen LogP contribution in [-0.2, 0) is 0 Å². The summed E-state index contributed by atoms with van der Waals surface area (Å²) in [6, 6.07) is 5.98. The monoisotopic (exact) mass is 259 g/mol. The second-order valence-corrected chi connectivity index (χ2v) is 4.56. The zero-order valence-electron chi connectivity index (χ0n) is 10.9. The topological polar surface area (TPSA) is 60.6 Å². The molecule has 0 unspecified atom stereocenters. The zero-order chi connectivity index (χ0) is 13.2. The van der Waals surface area contributed by atoms with E-state index in [4.69, 9.17) is 15.2 Å². The van der Waals surface area contributed by atoms with Crippen LogP contribution in [0, 0.1) is 0 Å². The van der Waals surface area contributed by atoms with Crippen molar-refractivity contribution < 1.29 is 9.47 Å². The highest BCUT2D eigenvalue weighted by molar-refractivity contribution is 5.94. The third-order valence-electron chi connectivity index (χ3n) is 3.23. The molecule has 2 heterocycles. The maximum absolute atomic E-state index is 5.63. The number of likely N-dealkylation sites (N-methyl/N-ethyl adjacent to an activating group) is 1. The predicted molar refractivity (Wildman–Crippen MR) is 75.1 cm³/mol. The minimum atomic E-state index is 0.590. The molecule has 1 aliphatic heterocycles. The molecule has 1 aliphatic rings. The average molecular weight is 259 g/mol. The Morgan fingerprint density at radius 3 is 2.74 bits per heavy atom. The SMILES string of the molecule is CN(CCN)c1nccc2cc3c(cc12)OCCO3. The van der Waals surface area contributed by atoms with E-state index in [2.05, 4.69) is 9.88 Å². The van der Waals surface area contributed by atoms with Crippen LogP contribution in [0.25, 0.3) is 10.8 Å². The molecule has 3 rings (SSSR count). The van der Waals surface area contributed by atoms with Crippen LogP contribution in [0.5, 0.6) is 11.5 Å². The molecule has 0 aliphatic carbocycles. The molecule has 0 fully saturated rings. The van der Waals surface area contributed by atoms with E-state index < -0.39 is 0 Å². The number of fused-ring (bicyclic) bond motifs is 2. The molecule has 0 amide bonds. The number of rotatable bonds is 3. The smallest absolute Gasteiger partial charge is 0.162 e. The standard InChI is InChI=1S/C14H17N3O2/c1-17(5-3-15)14-11-9-13-12(18-6-7-19-13)8-10(11)2-4-16-14/h2,4,8-9H,3,5-7,15H2,1H3. The molecular weight excluding hydrogens is 242 g/mol. The molecule has 1 aromatic heterocycles. The van der Waals surface area contributed by atoms with Gasteiger partial charge in [-0.25, -0.2) is 4.98 Å². The Hall–Kier alpha value is -2.01. The highest BCUT2D eigenvalue weighted by Gasteiger charge is 2.15. The molecule has 19 heavy (non-hydrogen) atoms. The zero-order valence-corrected chi connectivity index (χ0v) is 10.9. The quantitative estimate of drug-likeness (QED) is 0.903.